The molecule has 266 valence electrons. The Balaban J connectivity index is 1.52. The van der Waals surface area contributed by atoms with Crippen LogP contribution in [0.2, 0.25) is 15.1 Å². The lowest BCUT2D eigenvalue weighted by Gasteiger charge is -2.33. The Bertz CT molecular complexity index is 1730. The third kappa shape index (κ3) is 10.1. The Kier molecular flexibility index (Phi) is 13.5. The van der Waals surface area contributed by atoms with Crippen molar-refractivity contribution in [2.45, 2.75) is 58.0 Å². The Labute approximate surface area is 304 Å². The molecular weight excluding hydrogens is 711 g/mol. The molecular formula is C35H37Cl3N4O8. The standard InChI is InChI=1S/C35H37Cl3N4O8/c1-4-48-34(47)50-21(3)49-19-35(20(2)43,18-40-33(46)41-29-13-12-23-9-5-6-11-26(23)29)42-32(45)30-27(37)15-24(16-28(30)38)31(44)39-17-22-8-7-10-25(36)14-22/h5-11,14-16,21,29H,4,12-13,17-19H2,1-3H3,(H,39,44)(H,42,45)(H2,40,41,46)/t21?,29-,35-/m1/s1. The van der Waals surface area contributed by atoms with Gasteiger partial charge in [-0.1, -0.05) is 71.2 Å². The number of Topliss-reactive ketones (excluding diaryl/α,β-unsaturated/α-hetero) is 1. The number of aryl methyl sites for hydroxylation is 1. The number of ketones is 1. The monoisotopic (exact) mass is 746 g/mol. The first-order valence-corrected chi connectivity index (χ1v) is 16.9. The van der Waals surface area contributed by atoms with E-state index in [1.807, 2.05) is 24.3 Å². The van der Waals surface area contributed by atoms with Crippen LogP contribution in [0.25, 0.3) is 0 Å². The molecule has 4 rings (SSSR count). The Morgan fingerprint density at radius 1 is 0.940 bits per heavy atom. The maximum atomic E-state index is 13.8. The highest BCUT2D eigenvalue weighted by molar-refractivity contribution is 6.40. The average Bonchev–Trinajstić information content (AvgIpc) is 3.47. The van der Waals surface area contributed by atoms with E-state index in [2.05, 4.69) is 21.3 Å². The SMILES string of the molecule is CCOC(=O)OC(C)OC[C@@](CNC(=O)N[C@@H]1CCc2ccccc21)(NC(=O)c1c(Cl)cc(C(=O)NCc2cccc(Cl)c2)cc1Cl)C(C)=O. The maximum Gasteiger partial charge on any atom is 0.510 e. The molecule has 1 aliphatic rings. The minimum Gasteiger partial charge on any atom is -0.435 e. The number of carbonyl (C=O) groups is 5. The van der Waals surface area contributed by atoms with E-state index < -0.39 is 54.8 Å². The average molecular weight is 748 g/mol. The number of halogens is 3. The fourth-order valence-corrected chi connectivity index (χ4v) is 6.18. The number of hydrogen-bond acceptors (Lipinski definition) is 8. The molecule has 3 aromatic rings. The molecule has 0 aromatic heterocycles. The molecule has 15 heteroatoms. The van der Waals surface area contributed by atoms with Crippen molar-refractivity contribution in [2.24, 2.45) is 0 Å². The molecule has 0 saturated heterocycles. The molecule has 4 amide bonds. The van der Waals surface area contributed by atoms with Crippen LogP contribution >= 0.6 is 34.8 Å². The number of carbonyl (C=O) groups excluding carboxylic acids is 5. The lowest BCUT2D eigenvalue weighted by atomic mass is 9.94. The summed E-state index contributed by atoms with van der Waals surface area (Å²) in [5.74, 6) is -2.01. The van der Waals surface area contributed by atoms with Gasteiger partial charge in [0.05, 0.1) is 41.4 Å². The molecule has 1 aliphatic carbocycles. The van der Waals surface area contributed by atoms with Crippen LogP contribution in [-0.2, 0) is 32.0 Å². The highest BCUT2D eigenvalue weighted by atomic mass is 35.5. The number of ether oxygens (including phenoxy) is 3. The third-order valence-corrected chi connectivity index (χ3v) is 8.81. The molecule has 12 nitrogen and oxygen atoms in total. The maximum absolute atomic E-state index is 13.8. The van der Waals surface area contributed by atoms with Gasteiger partial charge in [-0.3, -0.25) is 14.4 Å². The molecule has 50 heavy (non-hydrogen) atoms. The van der Waals surface area contributed by atoms with Crippen molar-refractivity contribution in [3.05, 3.63) is 104 Å². The molecule has 0 saturated carbocycles. The van der Waals surface area contributed by atoms with Crippen molar-refractivity contribution in [3.63, 3.8) is 0 Å². The van der Waals surface area contributed by atoms with Gasteiger partial charge in [0.25, 0.3) is 11.8 Å². The topological polar surface area (TPSA) is 161 Å². The smallest absolute Gasteiger partial charge is 0.435 e. The van der Waals surface area contributed by atoms with Crippen molar-refractivity contribution >= 4 is 64.6 Å². The van der Waals surface area contributed by atoms with Crippen LogP contribution in [0, 0.1) is 0 Å². The zero-order chi connectivity index (χ0) is 36.4. The fourth-order valence-electron chi connectivity index (χ4n) is 5.31. The Morgan fingerprint density at radius 2 is 1.66 bits per heavy atom. The number of rotatable bonds is 14. The number of hydrogen-bond donors (Lipinski definition) is 4. The van der Waals surface area contributed by atoms with Gasteiger partial charge in [-0.15, -0.1) is 0 Å². The van der Waals surface area contributed by atoms with Crippen LogP contribution in [0.5, 0.6) is 0 Å². The van der Waals surface area contributed by atoms with E-state index in [-0.39, 0.29) is 40.4 Å². The second-order valence-electron chi connectivity index (χ2n) is 11.5. The van der Waals surface area contributed by atoms with Gasteiger partial charge in [-0.2, -0.15) is 0 Å². The molecule has 3 atom stereocenters. The van der Waals surface area contributed by atoms with E-state index in [1.165, 1.54) is 26.0 Å². The van der Waals surface area contributed by atoms with Crippen LogP contribution in [0.1, 0.15) is 70.6 Å². The highest BCUT2D eigenvalue weighted by Crippen LogP contribution is 2.31. The van der Waals surface area contributed by atoms with E-state index in [9.17, 15) is 24.0 Å². The van der Waals surface area contributed by atoms with Gasteiger partial charge >= 0.3 is 12.2 Å². The van der Waals surface area contributed by atoms with Crippen molar-refractivity contribution in [1.82, 2.24) is 21.3 Å². The lowest BCUT2D eigenvalue weighted by molar-refractivity contribution is -0.139. The minimum absolute atomic E-state index is 0.0629. The molecule has 0 spiro atoms. The van der Waals surface area contributed by atoms with Crippen LogP contribution < -0.4 is 21.3 Å². The molecule has 0 fully saturated rings. The zero-order valence-corrected chi connectivity index (χ0v) is 29.8. The summed E-state index contributed by atoms with van der Waals surface area (Å²) in [5.41, 5.74) is 0.843. The minimum atomic E-state index is -1.89. The molecule has 1 unspecified atom stereocenters. The van der Waals surface area contributed by atoms with E-state index in [1.54, 1.807) is 31.2 Å². The van der Waals surface area contributed by atoms with Crippen LogP contribution in [0.3, 0.4) is 0 Å². The predicted octanol–water partition coefficient (Wildman–Crippen LogP) is 6.16. The second-order valence-corrected chi connectivity index (χ2v) is 12.8. The van der Waals surface area contributed by atoms with E-state index in [0.717, 1.165) is 23.1 Å². The number of fused-ring (bicyclic) bond motifs is 1. The normalized spacial score (nSPS) is 15.1. The van der Waals surface area contributed by atoms with E-state index in [4.69, 9.17) is 49.0 Å². The van der Waals surface area contributed by atoms with Crippen molar-refractivity contribution in [3.8, 4) is 0 Å². The van der Waals surface area contributed by atoms with Gasteiger partial charge in [0.2, 0.25) is 6.29 Å². The summed E-state index contributed by atoms with van der Waals surface area (Å²) in [5, 5.41) is 11.1. The zero-order valence-electron chi connectivity index (χ0n) is 27.6. The van der Waals surface area contributed by atoms with Crippen molar-refractivity contribution in [1.29, 1.82) is 0 Å². The quantitative estimate of drug-likeness (QED) is 0.113. The number of amides is 4. The number of urea groups is 1. The Morgan fingerprint density at radius 3 is 2.34 bits per heavy atom. The molecule has 4 N–H and O–H groups in total. The van der Waals surface area contributed by atoms with Gasteiger partial charge < -0.3 is 35.5 Å². The van der Waals surface area contributed by atoms with Gasteiger partial charge in [-0.05, 0) is 74.6 Å². The van der Waals surface area contributed by atoms with Gasteiger partial charge in [0.1, 0.15) is 5.54 Å². The highest BCUT2D eigenvalue weighted by Gasteiger charge is 2.40. The molecule has 3 aromatic carbocycles. The molecule has 0 aliphatic heterocycles. The van der Waals surface area contributed by atoms with Crippen LogP contribution in [0.4, 0.5) is 9.59 Å². The molecule has 0 heterocycles. The van der Waals surface area contributed by atoms with E-state index >= 15 is 0 Å². The number of benzene rings is 3. The fraction of sp³-hybridized carbons (Fsp3) is 0.343. The molecule has 0 bridgehead atoms. The summed E-state index contributed by atoms with van der Waals surface area (Å²) in [4.78, 5) is 64.9. The van der Waals surface area contributed by atoms with Crippen LogP contribution in [-0.4, -0.2) is 61.4 Å². The van der Waals surface area contributed by atoms with Gasteiger partial charge in [-0.25, -0.2) is 9.59 Å². The van der Waals surface area contributed by atoms with Crippen molar-refractivity contribution < 1.29 is 38.2 Å². The molecule has 0 radical (unpaired) electrons. The summed E-state index contributed by atoms with van der Waals surface area (Å²) in [6.45, 7) is 3.45. The Hall–Kier alpha value is -4.36. The summed E-state index contributed by atoms with van der Waals surface area (Å²) in [7, 11) is 0. The van der Waals surface area contributed by atoms with Gasteiger partial charge in [0, 0.05) is 17.1 Å². The first-order chi connectivity index (χ1) is 23.8. The second kappa shape index (κ2) is 17.5. The summed E-state index contributed by atoms with van der Waals surface area (Å²) in [6, 6.07) is 16.4. The third-order valence-electron chi connectivity index (χ3n) is 7.98. The number of nitrogens with one attached hydrogen (secondary N) is 4. The summed E-state index contributed by atoms with van der Waals surface area (Å²) < 4.78 is 15.5. The van der Waals surface area contributed by atoms with Crippen LogP contribution in [0.15, 0.2) is 60.7 Å². The first kappa shape index (κ1) is 38.4. The largest absolute Gasteiger partial charge is 0.510 e. The predicted molar refractivity (Wildman–Crippen MR) is 188 cm³/mol. The first-order valence-electron chi connectivity index (χ1n) is 15.7. The van der Waals surface area contributed by atoms with Crippen molar-refractivity contribution in [2.75, 3.05) is 19.8 Å². The summed E-state index contributed by atoms with van der Waals surface area (Å²) >= 11 is 19.0. The summed E-state index contributed by atoms with van der Waals surface area (Å²) in [6.07, 6.45) is -0.712. The van der Waals surface area contributed by atoms with E-state index in [0.29, 0.717) is 11.4 Å². The van der Waals surface area contributed by atoms with Gasteiger partial charge in [0.15, 0.2) is 5.78 Å². The lowest BCUT2D eigenvalue weighted by Crippen LogP contribution is -2.64.